The Kier molecular flexibility index (Phi) is 12.2. The van der Waals surface area contributed by atoms with Gasteiger partial charge in [0.15, 0.2) is 0 Å². The van der Waals surface area contributed by atoms with Crippen LogP contribution in [0.25, 0.3) is 0 Å². The van der Waals surface area contributed by atoms with Crippen molar-refractivity contribution < 1.29 is 38.1 Å². The van der Waals surface area contributed by atoms with Crippen LogP contribution >= 0.6 is 15.9 Å². The molecule has 2 N–H and O–H groups in total. The number of methoxy groups -OCH3 is 1. The van der Waals surface area contributed by atoms with Gasteiger partial charge in [-0.1, -0.05) is 46.3 Å². The molecule has 0 bridgehead atoms. The van der Waals surface area contributed by atoms with Crippen LogP contribution in [-0.2, 0) is 36.8 Å². The van der Waals surface area contributed by atoms with E-state index in [2.05, 4.69) is 26.6 Å². The highest BCUT2D eigenvalue weighted by atomic mass is 79.9. The highest BCUT2D eigenvalue weighted by Crippen LogP contribution is 2.29. The molecule has 2 amide bonds. The first kappa shape index (κ1) is 32.9. The number of esters is 1. The highest BCUT2D eigenvalue weighted by Gasteiger charge is 2.29. The summed E-state index contributed by atoms with van der Waals surface area (Å²) in [5.41, 5.74) is 0.812. The Balaban J connectivity index is 1.56. The Hall–Kier alpha value is -3.60. The number of rotatable bonds is 10. The van der Waals surface area contributed by atoms with Crippen molar-refractivity contribution in [2.45, 2.75) is 71.1 Å². The Morgan fingerprint density at radius 3 is 2.26 bits per heavy atom. The Morgan fingerprint density at radius 1 is 0.976 bits per heavy atom. The molecule has 1 aliphatic carbocycles. The summed E-state index contributed by atoms with van der Waals surface area (Å²) in [4.78, 5) is 49.7. The molecule has 0 radical (unpaired) electrons. The Morgan fingerprint density at radius 2 is 1.64 bits per heavy atom. The van der Waals surface area contributed by atoms with Crippen LogP contribution in [0.1, 0.15) is 57.6 Å². The number of carbonyl (C=O) groups excluding carboxylic acids is 4. The summed E-state index contributed by atoms with van der Waals surface area (Å²) in [6.07, 6.45) is 1.69. The molecule has 42 heavy (non-hydrogen) atoms. The minimum Gasteiger partial charge on any atom is -0.469 e. The number of nitrogens with one attached hydrogen (secondary N) is 2. The first-order valence-electron chi connectivity index (χ1n) is 14.0. The molecule has 1 saturated carbocycles. The Labute approximate surface area is 254 Å². The van der Waals surface area contributed by atoms with Crippen molar-refractivity contribution in [2.24, 2.45) is 11.8 Å². The normalized spacial score (nSPS) is 17.4. The summed E-state index contributed by atoms with van der Waals surface area (Å²) in [7, 11) is 1.40. The summed E-state index contributed by atoms with van der Waals surface area (Å²) in [5, 5.41) is 5.63. The smallest absolute Gasteiger partial charge is 0.469 e. The van der Waals surface area contributed by atoms with Crippen LogP contribution in [0.15, 0.2) is 53.0 Å². The van der Waals surface area contributed by atoms with E-state index in [1.54, 1.807) is 45.0 Å². The van der Waals surface area contributed by atoms with Crippen molar-refractivity contribution in [3.63, 3.8) is 0 Å². The second-order valence-corrected chi connectivity index (χ2v) is 12.1. The van der Waals surface area contributed by atoms with Crippen LogP contribution in [0.4, 0.5) is 9.59 Å². The maximum Gasteiger partial charge on any atom is 0.514 e. The zero-order valence-electron chi connectivity index (χ0n) is 24.4. The predicted octanol–water partition coefficient (Wildman–Crippen LogP) is 5.70. The minimum absolute atomic E-state index is 0.0538. The molecule has 3 rings (SSSR count). The molecule has 228 valence electrons. The lowest BCUT2D eigenvalue weighted by molar-refractivity contribution is -0.146. The van der Waals surface area contributed by atoms with E-state index in [1.807, 2.05) is 24.3 Å². The third-order valence-electron chi connectivity index (χ3n) is 6.82. The van der Waals surface area contributed by atoms with Gasteiger partial charge in [0.1, 0.15) is 24.0 Å². The van der Waals surface area contributed by atoms with Gasteiger partial charge in [-0.3, -0.25) is 9.59 Å². The van der Waals surface area contributed by atoms with Crippen LogP contribution in [0, 0.1) is 11.8 Å². The number of amides is 2. The number of alkyl carbamates (subject to hydrolysis) is 1. The van der Waals surface area contributed by atoms with Gasteiger partial charge in [-0.25, -0.2) is 9.59 Å². The first-order chi connectivity index (χ1) is 19.9. The van der Waals surface area contributed by atoms with Crippen LogP contribution in [-0.4, -0.2) is 49.4 Å². The molecule has 1 atom stereocenters. The molecule has 10 nitrogen and oxygen atoms in total. The number of ether oxygens (including phenoxy) is 4. The lowest BCUT2D eigenvalue weighted by Gasteiger charge is -2.28. The molecule has 2 aromatic carbocycles. The van der Waals surface area contributed by atoms with Crippen molar-refractivity contribution in [3.8, 4) is 5.75 Å². The number of hydrogen-bond acceptors (Lipinski definition) is 8. The van der Waals surface area contributed by atoms with Crippen LogP contribution in [0.3, 0.4) is 0 Å². The van der Waals surface area contributed by atoms with Gasteiger partial charge in [0.05, 0.1) is 13.0 Å². The van der Waals surface area contributed by atoms with E-state index in [0.29, 0.717) is 6.54 Å². The maximum absolute atomic E-state index is 13.2. The van der Waals surface area contributed by atoms with Gasteiger partial charge >= 0.3 is 18.2 Å². The minimum atomic E-state index is -0.896. The largest absolute Gasteiger partial charge is 0.514 e. The lowest BCUT2D eigenvalue weighted by atomic mass is 9.82. The monoisotopic (exact) mass is 646 g/mol. The fourth-order valence-corrected chi connectivity index (χ4v) is 5.00. The summed E-state index contributed by atoms with van der Waals surface area (Å²) in [6.45, 7) is 5.73. The van der Waals surface area contributed by atoms with E-state index in [9.17, 15) is 19.2 Å². The van der Waals surface area contributed by atoms with Crippen molar-refractivity contribution in [2.75, 3.05) is 13.7 Å². The molecule has 0 aromatic heterocycles. The standard InChI is InChI=1S/C31H39BrN2O8/c1-31(2,3)42-29(37)34-26(27(35)33-18-21-9-13-22(14-10-21)28(36)39-4)17-20-11-15-24(16-12-20)41-30(38)40-19-23-7-5-6-8-25(23)32/h5-8,11-12,15-16,21-22,26H,9-10,13-14,17-19H2,1-4H3,(H,33,35)(H,34,37)/t21?,22?,26-/m0/s1. The van der Waals surface area contributed by atoms with Gasteiger partial charge < -0.3 is 29.6 Å². The third kappa shape index (κ3) is 11.0. The summed E-state index contributed by atoms with van der Waals surface area (Å²) >= 11 is 3.41. The van der Waals surface area contributed by atoms with Gasteiger partial charge in [0, 0.05) is 23.0 Å². The average Bonchev–Trinajstić information content (AvgIpc) is 2.95. The average molecular weight is 648 g/mol. The molecule has 0 spiro atoms. The number of halogens is 1. The zero-order valence-corrected chi connectivity index (χ0v) is 26.0. The third-order valence-corrected chi connectivity index (χ3v) is 7.60. The van der Waals surface area contributed by atoms with Gasteiger partial charge in [-0.15, -0.1) is 0 Å². The Bertz CT molecular complexity index is 1220. The maximum atomic E-state index is 13.2. The van der Waals surface area contributed by atoms with Crippen LogP contribution in [0.5, 0.6) is 5.75 Å². The summed E-state index contributed by atoms with van der Waals surface area (Å²) in [6, 6.07) is 13.1. The van der Waals surface area contributed by atoms with E-state index < -0.39 is 23.9 Å². The zero-order chi connectivity index (χ0) is 30.7. The number of carbonyl (C=O) groups is 4. The van der Waals surface area contributed by atoms with Gasteiger partial charge in [0.2, 0.25) is 5.91 Å². The van der Waals surface area contributed by atoms with Crippen molar-refractivity contribution in [3.05, 3.63) is 64.1 Å². The molecular formula is C31H39BrN2O8. The van der Waals surface area contributed by atoms with Gasteiger partial charge in [-0.2, -0.15) is 0 Å². The number of hydrogen-bond donors (Lipinski definition) is 2. The molecule has 0 heterocycles. The molecule has 11 heteroatoms. The van der Waals surface area contributed by atoms with E-state index in [0.717, 1.165) is 41.3 Å². The second kappa shape index (κ2) is 15.6. The fourth-order valence-electron chi connectivity index (χ4n) is 4.60. The highest BCUT2D eigenvalue weighted by molar-refractivity contribution is 9.10. The molecule has 1 fully saturated rings. The quantitative estimate of drug-likeness (QED) is 0.191. The molecule has 1 aliphatic rings. The topological polar surface area (TPSA) is 129 Å². The van der Waals surface area contributed by atoms with E-state index >= 15 is 0 Å². The van der Waals surface area contributed by atoms with Gasteiger partial charge in [-0.05, 0) is 76.1 Å². The van der Waals surface area contributed by atoms with Crippen molar-refractivity contribution >= 4 is 40.1 Å². The van der Waals surface area contributed by atoms with Crippen molar-refractivity contribution in [1.82, 2.24) is 10.6 Å². The first-order valence-corrected chi connectivity index (χ1v) is 14.7. The SMILES string of the molecule is COC(=O)C1CCC(CNC(=O)[C@H](Cc2ccc(OC(=O)OCc3ccccc3Br)cc2)NC(=O)OC(C)(C)C)CC1. The fraction of sp³-hybridized carbons (Fsp3) is 0.484. The molecule has 0 saturated heterocycles. The molecule has 0 unspecified atom stereocenters. The van der Waals surface area contributed by atoms with Crippen LogP contribution < -0.4 is 15.4 Å². The van der Waals surface area contributed by atoms with E-state index in [4.69, 9.17) is 18.9 Å². The lowest BCUT2D eigenvalue weighted by Crippen LogP contribution is -2.50. The van der Waals surface area contributed by atoms with Gasteiger partial charge in [0.25, 0.3) is 0 Å². The summed E-state index contributed by atoms with van der Waals surface area (Å²) in [5.74, 6) is -0.112. The van der Waals surface area contributed by atoms with E-state index in [1.165, 1.54) is 7.11 Å². The molecule has 0 aliphatic heterocycles. The summed E-state index contributed by atoms with van der Waals surface area (Å²) < 4.78 is 21.5. The predicted molar refractivity (Wildman–Crippen MR) is 159 cm³/mol. The van der Waals surface area contributed by atoms with Crippen molar-refractivity contribution in [1.29, 1.82) is 0 Å². The second-order valence-electron chi connectivity index (χ2n) is 11.3. The molecule has 2 aromatic rings. The van der Waals surface area contributed by atoms with Crippen LogP contribution in [0.2, 0.25) is 0 Å². The number of benzene rings is 2. The van der Waals surface area contributed by atoms with E-state index in [-0.39, 0.29) is 42.5 Å². The molecular weight excluding hydrogens is 608 g/mol.